The summed E-state index contributed by atoms with van der Waals surface area (Å²) in [6.45, 7) is 0.159. The zero-order valence-electron chi connectivity index (χ0n) is 11.4. The number of hydrazine groups is 1. The summed E-state index contributed by atoms with van der Waals surface area (Å²) in [5.41, 5.74) is 3.47. The Kier molecular flexibility index (Phi) is 4.27. The van der Waals surface area contributed by atoms with Crippen LogP contribution in [0.2, 0.25) is 0 Å². The molecule has 0 spiro atoms. The molecule has 0 bridgehead atoms. The van der Waals surface area contributed by atoms with Gasteiger partial charge in [0.05, 0.1) is 11.8 Å². The predicted octanol–water partition coefficient (Wildman–Crippen LogP) is 1.53. The zero-order valence-corrected chi connectivity index (χ0v) is 11.4. The van der Waals surface area contributed by atoms with E-state index in [0.29, 0.717) is 17.1 Å². The lowest BCUT2D eigenvalue weighted by molar-refractivity contribution is 0.0949. The first-order valence-corrected chi connectivity index (χ1v) is 6.09. The lowest BCUT2D eigenvalue weighted by atomic mass is 10.2. The largest absolute Gasteiger partial charge is 0.486 e. The van der Waals surface area contributed by atoms with Crippen molar-refractivity contribution in [1.29, 1.82) is 0 Å². The number of ether oxygens (including phenoxy) is 1. The van der Waals surface area contributed by atoms with Crippen LogP contribution in [0.25, 0.3) is 0 Å². The topological polar surface area (TPSA) is 80.7 Å². The average Bonchev–Trinajstić information content (AvgIpc) is 2.93. The highest BCUT2D eigenvalue weighted by molar-refractivity contribution is 5.94. The van der Waals surface area contributed by atoms with E-state index >= 15 is 0 Å². The monoisotopic (exact) mass is 275 g/mol. The maximum Gasteiger partial charge on any atom is 0.268 e. The van der Waals surface area contributed by atoms with Crippen LogP contribution in [0.4, 0.5) is 5.69 Å². The van der Waals surface area contributed by atoms with Gasteiger partial charge in [-0.15, -0.1) is 0 Å². The molecule has 0 unspecified atom stereocenters. The summed E-state index contributed by atoms with van der Waals surface area (Å²) in [5.74, 6) is 5.84. The van der Waals surface area contributed by atoms with Crippen molar-refractivity contribution in [3.05, 3.63) is 47.9 Å². The molecule has 0 radical (unpaired) electrons. The van der Waals surface area contributed by atoms with Crippen LogP contribution in [0.3, 0.4) is 0 Å². The van der Waals surface area contributed by atoms with Crippen molar-refractivity contribution in [2.45, 2.75) is 6.61 Å². The fourth-order valence-corrected chi connectivity index (χ4v) is 1.73. The predicted molar refractivity (Wildman–Crippen MR) is 75.5 cm³/mol. The van der Waals surface area contributed by atoms with Crippen molar-refractivity contribution in [1.82, 2.24) is 5.43 Å². The van der Waals surface area contributed by atoms with E-state index in [1.807, 2.05) is 43.3 Å². The number of hydrogen-bond donors (Lipinski definition) is 2. The Balaban J connectivity index is 2.07. The molecule has 0 fully saturated rings. The lowest BCUT2D eigenvalue weighted by Gasteiger charge is -2.13. The van der Waals surface area contributed by atoms with Gasteiger partial charge in [0.1, 0.15) is 12.4 Å². The third kappa shape index (κ3) is 3.10. The van der Waals surface area contributed by atoms with Gasteiger partial charge in [0.25, 0.3) is 5.91 Å². The molecule has 106 valence electrons. The Labute approximate surface area is 117 Å². The number of carbonyl (C=O) groups excluding carboxylic acids is 1. The second kappa shape index (κ2) is 6.12. The standard InChI is InChI=1S/C14H17N3O3/c1-17(2)10-4-3-5-11(8-10)20-9-13-12(6-7-19-13)14(18)16-15/h3-8H,9,15H2,1-2H3,(H,16,18). The number of nitrogens with two attached hydrogens (primary N) is 1. The molecule has 1 aromatic carbocycles. The van der Waals surface area contributed by atoms with Gasteiger partial charge in [-0.3, -0.25) is 10.2 Å². The fraction of sp³-hybridized carbons (Fsp3) is 0.214. The zero-order chi connectivity index (χ0) is 14.5. The van der Waals surface area contributed by atoms with Gasteiger partial charge < -0.3 is 14.1 Å². The second-order valence-corrected chi connectivity index (χ2v) is 4.41. The van der Waals surface area contributed by atoms with E-state index in [2.05, 4.69) is 5.43 Å². The lowest BCUT2D eigenvalue weighted by Crippen LogP contribution is -2.30. The number of rotatable bonds is 5. The van der Waals surface area contributed by atoms with E-state index in [9.17, 15) is 4.79 Å². The SMILES string of the molecule is CN(C)c1cccc(OCc2occc2C(=O)NN)c1. The number of nitrogen functional groups attached to an aromatic ring is 1. The normalized spacial score (nSPS) is 10.2. The third-order valence-corrected chi connectivity index (χ3v) is 2.83. The summed E-state index contributed by atoms with van der Waals surface area (Å²) in [5, 5.41) is 0. The van der Waals surface area contributed by atoms with Crippen molar-refractivity contribution in [3.8, 4) is 5.75 Å². The number of furan rings is 1. The highest BCUT2D eigenvalue weighted by atomic mass is 16.5. The van der Waals surface area contributed by atoms with E-state index in [0.717, 1.165) is 5.69 Å². The molecule has 0 aliphatic carbocycles. The van der Waals surface area contributed by atoms with Gasteiger partial charge in [-0.25, -0.2) is 5.84 Å². The van der Waals surface area contributed by atoms with Crippen molar-refractivity contribution in [2.24, 2.45) is 5.84 Å². The first-order chi connectivity index (χ1) is 9.61. The molecule has 0 aliphatic rings. The van der Waals surface area contributed by atoms with Crippen LogP contribution in [0, 0.1) is 0 Å². The molecule has 0 aliphatic heterocycles. The Hall–Kier alpha value is -2.47. The van der Waals surface area contributed by atoms with Gasteiger partial charge in [-0.1, -0.05) is 6.07 Å². The molecule has 3 N–H and O–H groups in total. The van der Waals surface area contributed by atoms with Crippen molar-refractivity contribution >= 4 is 11.6 Å². The van der Waals surface area contributed by atoms with E-state index in [-0.39, 0.29) is 6.61 Å². The number of nitrogens with one attached hydrogen (secondary N) is 1. The molecule has 0 saturated heterocycles. The van der Waals surface area contributed by atoms with Gasteiger partial charge in [-0.05, 0) is 18.2 Å². The Morgan fingerprint density at radius 2 is 2.20 bits per heavy atom. The molecular weight excluding hydrogens is 258 g/mol. The third-order valence-electron chi connectivity index (χ3n) is 2.83. The minimum atomic E-state index is -0.403. The van der Waals surface area contributed by atoms with Gasteiger partial charge in [-0.2, -0.15) is 0 Å². The number of benzene rings is 1. The molecule has 6 heteroatoms. The summed E-state index contributed by atoms with van der Waals surface area (Å²) in [4.78, 5) is 13.5. The number of carbonyl (C=O) groups is 1. The summed E-state index contributed by atoms with van der Waals surface area (Å²) >= 11 is 0. The molecule has 6 nitrogen and oxygen atoms in total. The first-order valence-electron chi connectivity index (χ1n) is 6.09. The highest BCUT2D eigenvalue weighted by Crippen LogP contribution is 2.21. The quantitative estimate of drug-likeness (QED) is 0.491. The second-order valence-electron chi connectivity index (χ2n) is 4.41. The van der Waals surface area contributed by atoms with Crippen LogP contribution in [-0.2, 0) is 6.61 Å². The van der Waals surface area contributed by atoms with E-state index in [1.54, 1.807) is 6.07 Å². The summed E-state index contributed by atoms with van der Waals surface area (Å²) in [7, 11) is 3.91. The molecule has 2 rings (SSSR count). The number of hydrogen-bond acceptors (Lipinski definition) is 5. The van der Waals surface area contributed by atoms with Crippen molar-refractivity contribution in [2.75, 3.05) is 19.0 Å². The molecule has 20 heavy (non-hydrogen) atoms. The summed E-state index contributed by atoms with van der Waals surface area (Å²) in [6.07, 6.45) is 1.43. The van der Waals surface area contributed by atoms with Crippen LogP contribution in [0.1, 0.15) is 16.1 Å². The van der Waals surface area contributed by atoms with Crippen LogP contribution in [0.5, 0.6) is 5.75 Å². The van der Waals surface area contributed by atoms with Gasteiger partial charge >= 0.3 is 0 Å². The fourth-order valence-electron chi connectivity index (χ4n) is 1.73. The summed E-state index contributed by atoms with van der Waals surface area (Å²) in [6, 6.07) is 9.19. The minimum absolute atomic E-state index is 0.159. The molecule has 1 amide bonds. The van der Waals surface area contributed by atoms with Crippen LogP contribution >= 0.6 is 0 Å². The van der Waals surface area contributed by atoms with Gasteiger partial charge in [0, 0.05) is 25.8 Å². The molecule has 0 atom stereocenters. The maximum absolute atomic E-state index is 11.5. The molecule has 1 heterocycles. The van der Waals surface area contributed by atoms with E-state index in [1.165, 1.54) is 6.26 Å². The van der Waals surface area contributed by atoms with Crippen LogP contribution in [0.15, 0.2) is 41.0 Å². The van der Waals surface area contributed by atoms with E-state index in [4.69, 9.17) is 15.0 Å². The molecule has 0 saturated carbocycles. The average molecular weight is 275 g/mol. The van der Waals surface area contributed by atoms with Crippen LogP contribution < -0.4 is 20.9 Å². The van der Waals surface area contributed by atoms with Crippen molar-refractivity contribution < 1.29 is 13.9 Å². The smallest absolute Gasteiger partial charge is 0.268 e. The number of nitrogens with zero attached hydrogens (tertiary/aromatic N) is 1. The Morgan fingerprint density at radius 1 is 1.40 bits per heavy atom. The Morgan fingerprint density at radius 3 is 2.90 bits per heavy atom. The van der Waals surface area contributed by atoms with Crippen LogP contribution in [-0.4, -0.2) is 20.0 Å². The molecule has 2 aromatic rings. The minimum Gasteiger partial charge on any atom is -0.486 e. The Bertz CT molecular complexity index is 593. The first kappa shape index (κ1) is 14.0. The molecule has 1 aromatic heterocycles. The van der Waals surface area contributed by atoms with Gasteiger partial charge in [0.2, 0.25) is 0 Å². The highest BCUT2D eigenvalue weighted by Gasteiger charge is 2.14. The molecular formula is C14H17N3O3. The maximum atomic E-state index is 11.5. The van der Waals surface area contributed by atoms with Crippen molar-refractivity contribution in [3.63, 3.8) is 0 Å². The van der Waals surface area contributed by atoms with E-state index < -0.39 is 5.91 Å². The summed E-state index contributed by atoms with van der Waals surface area (Å²) < 4.78 is 10.9. The number of amides is 1. The number of anilines is 1. The van der Waals surface area contributed by atoms with Gasteiger partial charge in [0.15, 0.2) is 5.76 Å².